The lowest BCUT2D eigenvalue weighted by Crippen LogP contribution is -2.47. The van der Waals surface area contributed by atoms with Crippen LogP contribution in [0.25, 0.3) is 10.6 Å². The van der Waals surface area contributed by atoms with Gasteiger partial charge in [0, 0.05) is 45.5 Å². The van der Waals surface area contributed by atoms with Gasteiger partial charge in [0.1, 0.15) is 11.8 Å². The normalized spacial score (nSPS) is 14.9. The standard InChI is InChI=1S/C24H26F3N9O3S2/c1-14-20(19-16(11-28)12-30-21(29-2)33-19)40-23(31-14)34-22(37)32-17-5-4-15(18(10-17)24(25,26)27)13-35-6-8-36(9-7-35)41(3,38)39/h4-5,10,12H,6-9,13H2,1-3H3,(H,29,30,33)(H2,31,32,34,37). The van der Waals surface area contributed by atoms with Crippen molar-refractivity contribution in [2.24, 2.45) is 0 Å². The number of thiazole rings is 1. The molecule has 2 amide bonds. The molecule has 1 aliphatic heterocycles. The van der Waals surface area contributed by atoms with Gasteiger partial charge >= 0.3 is 12.2 Å². The Morgan fingerprint density at radius 2 is 1.88 bits per heavy atom. The van der Waals surface area contributed by atoms with E-state index < -0.39 is 27.8 Å². The number of aryl methyl sites for hydroxylation is 1. The van der Waals surface area contributed by atoms with Crippen LogP contribution in [0.4, 0.5) is 34.7 Å². The molecule has 17 heteroatoms. The topological polar surface area (TPSA) is 156 Å². The van der Waals surface area contributed by atoms with Gasteiger partial charge < -0.3 is 10.6 Å². The van der Waals surface area contributed by atoms with Crippen LogP contribution in [0.3, 0.4) is 0 Å². The number of alkyl halides is 3. The Balaban J connectivity index is 1.47. The van der Waals surface area contributed by atoms with E-state index in [-0.39, 0.29) is 41.6 Å². The molecule has 3 N–H and O–H groups in total. The van der Waals surface area contributed by atoms with Crippen LogP contribution in [0.5, 0.6) is 0 Å². The van der Waals surface area contributed by atoms with Crippen molar-refractivity contribution >= 4 is 44.2 Å². The van der Waals surface area contributed by atoms with E-state index in [9.17, 15) is 31.6 Å². The molecule has 0 unspecified atom stereocenters. The lowest BCUT2D eigenvalue weighted by molar-refractivity contribution is -0.138. The first kappa shape index (κ1) is 30.1. The minimum absolute atomic E-state index is 0.00976. The number of hydrogen-bond donors (Lipinski definition) is 3. The molecule has 0 radical (unpaired) electrons. The molecular weight excluding hydrogens is 583 g/mol. The number of hydrogen-bond acceptors (Lipinski definition) is 10. The summed E-state index contributed by atoms with van der Waals surface area (Å²) >= 11 is 1.05. The van der Waals surface area contributed by atoms with E-state index in [1.807, 2.05) is 6.07 Å². The number of anilines is 3. The Hall–Kier alpha value is -3.85. The monoisotopic (exact) mass is 609 g/mol. The molecule has 12 nitrogen and oxygen atoms in total. The van der Waals surface area contributed by atoms with E-state index in [0.29, 0.717) is 35.3 Å². The summed E-state index contributed by atoms with van der Waals surface area (Å²) in [5, 5.41) is 17.3. The van der Waals surface area contributed by atoms with Crippen LogP contribution in [0.15, 0.2) is 24.4 Å². The average molecular weight is 610 g/mol. The number of carbonyl (C=O) groups excluding carboxylic acids is 1. The van der Waals surface area contributed by atoms with Crippen molar-refractivity contribution in [1.29, 1.82) is 5.26 Å². The summed E-state index contributed by atoms with van der Waals surface area (Å²) < 4.78 is 66.5. The smallest absolute Gasteiger partial charge is 0.357 e. The number of piperazine rings is 1. The molecular formula is C24H26F3N9O3S2. The first-order valence-electron chi connectivity index (χ1n) is 12.2. The highest BCUT2D eigenvalue weighted by Gasteiger charge is 2.34. The molecule has 1 saturated heterocycles. The van der Waals surface area contributed by atoms with Crippen LogP contribution in [0, 0.1) is 18.3 Å². The molecule has 41 heavy (non-hydrogen) atoms. The summed E-state index contributed by atoms with van der Waals surface area (Å²) in [6.07, 6.45) is -2.21. The van der Waals surface area contributed by atoms with Crippen LogP contribution in [0.1, 0.15) is 22.4 Å². The number of amides is 2. The molecule has 3 heterocycles. The zero-order chi connectivity index (χ0) is 29.9. The minimum atomic E-state index is -4.68. The van der Waals surface area contributed by atoms with Crippen LogP contribution in [-0.2, 0) is 22.7 Å². The lowest BCUT2D eigenvalue weighted by atomic mass is 10.0. The number of benzene rings is 1. The molecule has 1 aliphatic rings. The predicted molar refractivity (Wildman–Crippen MR) is 148 cm³/mol. The second-order valence-electron chi connectivity index (χ2n) is 9.14. The van der Waals surface area contributed by atoms with Crippen molar-refractivity contribution in [2.75, 3.05) is 55.4 Å². The highest BCUT2D eigenvalue weighted by Crippen LogP contribution is 2.36. The number of aromatic nitrogens is 3. The minimum Gasteiger partial charge on any atom is -0.357 e. The number of nitriles is 1. The Bertz CT molecular complexity index is 1600. The summed E-state index contributed by atoms with van der Waals surface area (Å²) in [5.41, 5.74) is 0.0676. The van der Waals surface area contributed by atoms with E-state index in [0.717, 1.165) is 23.7 Å². The number of urea groups is 1. The first-order chi connectivity index (χ1) is 19.3. The van der Waals surface area contributed by atoms with Gasteiger partial charge in [0.05, 0.1) is 34.2 Å². The maximum Gasteiger partial charge on any atom is 0.416 e. The highest BCUT2D eigenvalue weighted by atomic mass is 32.2. The fraction of sp³-hybridized carbons (Fsp3) is 0.375. The van der Waals surface area contributed by atoms with Crippen molar-refractivity contribution in [3.63, 3.8) is 0 Å². The van der Waals surface area contributed by atoms with E-state index in [2.05, 4.69) is 30.9 Å². The van der Waals surface area contributed by atoms with Gasteiger partial charge in [-0.1, -0.05) is 17.4 Å². The van der Waals surface area contributed by atoms with Gasteiger partial charge in [-0.25, -0.2) is 28.2 Å². The van der Waals surface area contributed by atoms with Crippen molar-refractivity contribution < 1.29 is 26.4 Å². The second-order valence-corrected chi connectivity index (χ2v) is 12.1. The molecule has 3 aromatic rings. The van der Waals surface area contributed by atoms with Gasteiger partial charge in [-0.05, 0) is 24.6 Å². The van der Waals surface area contributed by atoms with Gasteiger partial charge in [-0.2, -0.15) is 22.7 Å². The SMILES string of the molecule is CNc1ncc(C#N)c(-c2sc(NC(=O)Nc3ccc(CN4CCN(S(C)(=O)=O)CC4)c(C(F)(F)F)c3)nc2C)n1. The van der Waals surface area contributed by atoms with E-state index in [4.69, 9.17) is 0 Å². The van der Waals surface area contributed by atoms with E-state index in [1.54, 1.807) is 18.9 Å². The molecule has 1 fully saturated rings. The van der Waals surface area contributed by atoms with Gasteiger partial charge in [0.2, 0.25) is 16.0 Å². The van der Waals surface area contributed by atoms with Gasteiger partial charge in [0.15, 0.2) is 5.13 Å². The zero-order valence-electron chi connectivity index (χ0n) is 22.2. The summed E-state index contributed by atoms with van der Waals surface area (Å²) in [7, 11) is -1.73. The summed E-state index contributed by atoms with van der Waals surface area (Å²) in [6.45, 7) is 2.63. The number of carbonyl (C=O) groups is 1. The maximum absolute atomic E-state index is 13.9. The fourth-order valence-corrected chi connectivity index (χ4v) is 5.99. The average Bonchev–Trinajstić information content (AvgIpc) is 3.27. The van der Waals surface area contributed by atoms with Crippen molar-refractivity contribution in [3.05, 3.63) is 46.8 Å². The molecule has 0 atom stereocenters. The summed E-state index contributed by atoms with van der Waals surface area (Å²) in [5.74, 6) is 0.291. The number of halogens is 3. The molecule has 0 spiro atoms. The zero-order valence-corrected chi connectivity index (χ0v) is 23.8. The van der Waals surface area contributed by atoms with Crippen LogP contribution in [-0.4, -0.2) is 78.1 Å². The predicted octanol–water partition coefficient (Wildman–Crippen LogP) is 3.56. The maximum atomic E-state index is 13.9. The van der Waals surface area contributed by atoms with E-state index >= 15 is 0 Å². The van der Waals surface area contributed by atoms with Crippen molar-refractivity contribution in [1.82, 2.24) is 24.2 Å². The second kappa shape index (κ2) is 11.9. The first-order valence-corrected chi connectivity index (χ1v) is 14.8. The third-order valence-electron chi connectivity index (χ3n) is 6.23. The largest absolute Gasteiger partial charge is 0.416 e. The molecule has 0 aliphatic carbocycles. The van der Waals surface area contributed by atoms with E-state index in [1.165, 1.54) is 22.6 Å². The Morgan fingerprint density at radius 3 is 2.49 bits per heavy atom. The number of nitrogens with zero attached hydrogens (tertiary/aromatic N) is 6. The van der Waals surface area contributed by atoms with Gasteiger partial charge in [-0.15, -0.1) is 0 Å². The summed E-state index contributed by atoms with van der Waals surface area (Å²) in [6, 6.07) is 4.74. The number of rotatable bonds is 7. The van der Waals surface area contributed by atoms with Crippen LogP contribution < -0.4 is 16.0 Å². The quantitative estimate of drug-likeness (QED) is 0.365. The summed E-state index contributed by atoms with van der Waals surface area (Å²) in [4.78, 5) is 27.5. The number of sulfonamides is 1. The lowest BCUT2D eigenvalue weighted by Gasteiger charge is -2.33. The molecule has 4 rings (SSSR count). The third kappa shape index (κ3) is 7.27. The third-order valence-corrected chi connectivity index (χ3v) is 8.62. The van der Waals surface area contributed by atoms with Crippen molar-refractivity contribution in [2.45, 2.75) is 19.6 Å². The fourth-order valence-electron chi connectivity index (χ4n) is 4.20. The Kier molecular flexibility index (Phi) is 8.77. The molecule has 218 valence electrons. The molecule has 1 aromatic carbocycles. The van der Waals surface area contributed by atoms with Crippen LogP contribution >= 0.6 is 11.3 Å². The van der Waals surface area contributed by atoms with Crippen molar-refractivity contribution in [3.8, 4) is 16.6 Å². The van der Waals surface area contributed by atoms with Crippen LogP contribution in [0.2, 0.25) is 0 Å². The Morgan fingerprint density at radius 1 is 1.17 bits per heavy atom. The van der Waals surface area contributed by atoms with Gasteiger partial charge in [-0.3, -0.25) is 10.2 Å². The molecule has 2 aromatic heterocycles. The Labute approximate surface area is 238 Å². The molecule has 0 bridgehead atoms. The highest BCUT2D eigenvalue weighted by molar-refractivity contribution is 7.88. The number of nitrogens with one attached hydrogen (secondary N) is 3. The molecule has 0 saturated carbocycles. The van der Waals surface area contributed by atoms with Gasteiger partial charge in [0.25, 0.3) is 0 Å².